The predicted octanol–water partition coefficient (Wildman–Crippen LogP) is 3.39. The normalized spacial score (nSPS) is 12.4. The van der Waals surface area contributed by atoms with Gasteiger partial charge in [-0.15, -0.1) is 0 Å². The van der Waals surface area contributed by atoms with Crippen LogP contribution in [0.4, 0.5) is 14.5 Å². The molecule has 2 aromatic carbocycles. The monoisotopic (exact) mass is 313 g/mol. The van der Waals surface area contributed by atoms with Crippen molar-refractivity contribution in [2.75, 3.05) is 5.73 Å². The minimum Gasteiger partial charge on any atom is -0.398 e. The van der Waals surface area contributed by atoms with E-state index in [9.17, 15) is 13.9 Å². The number of benzene rings is 2. The van der Waals surface area contributed by atoms with Gasteiger partial charge in [-0.3, -0.25) is 0 Å². The van der Waals surface area contributed by atoms with E-state index in [1.165, 1.54) is 12.1 Å². The topological polar surface area (TPSA) is 46.2 Å². The number of nitrogen functional groups attached to an aromatic ring is 1. The molecule has 5 heteroatoms. The summed E-state index contributed by atoms with van der Waals surface area (Å²) in [5.41, 5.74) is 5.82. The highest BCUT2D eigenvalue weighted by molar-refractivity contribution is 9.10. The maximum Gasteiger partial charge on any atom is 0.146 e. The molecule has 0 spiro atoms. The lowest BCUT2D eigenvalue weighted by Gasteiger charge is -2.15. The van der Waals surface area contributed by atoms with Gasteiger partial charge in [0.25, 0.3) is 0 Å². The third kappa shape index (κ3) is 2.23. The Balaban J connectivity index is 2.56. The fraction of sp³-hybridized carbons (Fsp3) is 0.0769. The molecule has 2 rings (SSSR count). The van der Waals surface area contributed by atoms with Crippen molar-refractivity contribution in [2.45, 2.75) is 6.10 Å². The molecule has 1 atom stereocenters. The molecule has 0 aliphatic heterocycles. The maximum atomic E-state index is 13.8. The summed E-state index contributed by atoms with van der Waals surface area (Å²) in [7, 11) is 0. The summed E-state index contributed by atoms with van der Waals surface area (Å²) in [6, 6.07) is 8.74. The number of hydrogen-bond donors (Lipinski definition) is 2. The Morgan fingerprint density at radius 3 is 2.44 bits per heavy atom. The first-order valence-corrected chi connectivity index (χ1v) is 5.97. The second-order valence-electron chi connectivity index (χ2n) is 3.79. The first-order valence-electron chi connectivity index (χ1n) is 5.18. The molecular formula is C13H10BrF2NO. The molecule has 18 heavy (non-hydrogen) atoms. The van der Waals surface area contributed by atoms with Gasteiger partial charge in [-0.2, -0.15) is 0 Å². The van der Waals surface area contributed by atoms with E-state index in [0.29, 0.717) is 0 Å². The molecule has 0 radical (unpaired) electrons. The van der Waals surface area contributed by atoms with E-state index in [1.807, 2.05) is 0 Å². The summed E-state index contributed by atoms with van der Waals surface area (Å²) in [4.78, 5) is 0. The molecule has 0 aliphatic carbocycles. The molecule has 1 unspecified atom stereocenters. The van der Waals surface area contributed by atoms with Crippen LogP contribution in [-0.4, -0.2) is 5.11 Å². The number of hydrogen-bond acceptors (Lipinski definition) is 2. The van der Waals surface area contributed by atoms with Crippen LogP contribution >= 0.6 is 15.9 Å². The van der Waals surface area contributed by atoms with Crippen molar-refractivity contribution in [2.24, 2.45) is 0 Å². The SMILES string of the molecule is Nc1ccccc1C(O)c1c(F)ccc(Br)c1F. The molecule has 2 aromatic rings. The van der Waals surface area contributed by atoms with Crippen LogP contribution in [0.1, 0.15) is 17.2 Å². The van der Waals surface area contributed by atoms with Crippen LogP contribution in [0, 0.1) is 11.6 Å². The molecule has 0 saturated heterocycles. The molecule has 2 nitrogen and oxygen atoms in total. The zero-order chi connectivity index (χ0) is 13.3. The van der Waals surface area contributed by atoms with Gasteiger partial charge in [0.15, 0.2) is 0 Å². The highest BCUT2D eigenvalue weighted by atomic mass is 79.9. The zero-order valence-electron chi connectivity index (χ0n) is 9.20. The number of rotatable bonds is 2. The summed E-state index contributed by atoms with van der Waals surface area (Å²) in [6.45, 7) is 0. The summed E-state index contributed by atoms with van der Waals surface area (Å²) in [5, 5.41) is 10.1. The molecule has 3 N–H and O–H groups in total. The highest BCUT2D eigenvalue weighted by Gasteiger charge is 2.22. The molecular weight excluding hydrogens is 304 g/mol. The van der Waals surface area contributed by atoms with Crippen molar-refractivity contribution in [3.8, 4) is 0 Å². The fourth-order valence-corrected chi connectivity index (χ4v) is 2.05. The Morgan fingerprint density at radius 1 is 1.11 bits per heavy atom. The maximum absolute atomic E-state index is 13.8. The zero-order valence-corrected chi connectivity index (χ0v) is 10.8. The number of para-hydroxylation sites is 1. The van der Waals surface area contributed by atoms with Gasteiger partial charge < -0.3 is 10.8 Å². The average molecular weight is 314 g/mol. The van der Waals surface area contributed by atoms with Gasteiger partial charge in [0, 0.05) is 11.3 Å². The molecule has 0 aromatic heterocycles. The van der Waals surface area contributed by atoms with Gasteiger partial charge in [-0.25, -0.2) is 8.78 Å². The van der Waals surface area contributed by atoms with Crippen LogP contribution in [0.5, 0.6) is 0 Å². The Kier molecular flexibility index (Phi) is 3.63. The third-order valence-electron chi connectivity index (χ3n) is 2.64. The first-order chi connectivity index (χ1) is 8.52. The lowest BCUT2D eigenvalue weighted by Crippen LogP contribution is -2.08. The van der Waals surface area contributed by atoms with Gasteiger partial charge >= 0.3 is 0 Å². The number of aliphatic hydroxyl groups excluding tert-OH is 1. The molecule has 0 bridgehead atoms. The second-order valence-corrected chi connectivity index (χ2v) is 4.64. The minimum absolute atomic E-state index is 0.0902. The van der Waals surface area contributed by atoms with E-state index in [0.717, 1.165) is 6.07 Å². The van der Waals surface area contributed by atoms with Gasteiger partial charge in [0.2, 0.25) is 0 Å². The largest absolute Gasteiger partial charge is 0.398 e. The number of halogens is 3. The van der Waals surface area contributed by atoms with E-state index in [4.69, 9.17) is 5.73 Å². The molecule has 0 amide bonds. The summed E-state index contributed by atoms with van der Waals surface area (Å²) >= 11 is 2.96. The Morgan fingerprint density at radius 2 is 1.78 bits per heavy atom. The predicted molar refractivity (Wildman–Crippen MR) is 69.0 cm³/mol. The van der Waals surface area contributed by atoms with E-state index < -0.39 is 23.3 Å². The highest BCUT2D eigenvalue weighted by Crippen LogP contribution is 2.32. The van der Waals surface area contributed by atoms with Crippen LogP contribution in [0.3, 0.4) is 0 Å². The average Bonchev–Trinajstić information content (AvgIpc) is 2.35. The number of anilines is 1. The fourth-order valence-electron chi connectivity index (χ4n) is 1.71. The molecule has 0 heterocycles. The Labute approximate surface area is 111 Å². The van der Waals surface area contributed by atoms with Crippen LogP contribution < -0.4 is 5.73 Å². The summed E-state index contributed by atoms with van der Waals surface area (Å²) in [5.74, 6) is -1.64. The van der Waals surface area contributed by atoms with E-state index >= 15 is 0 Å². The second kappa shape index (κ2) is 5.04. The summed E-state index contributed by atoms with van der Waals surface area (Å²) < 4.78 is 27.6. The number of aliphatic hydroxyl groups is 1. The standard InChI is InChI=1S/C13H10BrF2NO/c14-8-5-6-9(15)11(12(8)16)13(18)7-3-1-2-4-10(7)17/h1-6,13,18H,17H2. The summed E-state index contributed by atoms with van der Waals surface area (Å²) in [6.07, 6.45) is -1.44. The van der Waals surface area contributed by atoms with Gasteiger partial charge in [0.1, 0.15) is 17.7 Å². The van der Waals surface area contributed by atoms with E-state index in [2.05, 4.69) is 15.9 Å². The van der Waals surface area contributed by atoms with E-state index in [-0.39, 0.29) is 15.7 Å². The quantitative estimate of drug-likeness (QED) is 0.659. The van der Waals surface area contributed by atoms with Crippen LogP contribution in [0.25, 0.3) is 0 Å². The molecule has 0 aliphatic rings. The van der Waals surface area contributed by atoms with Gasteiger partial charge in [0.05, 0.1) is 10.0 Å². The molecule has 0 fully saturated rings. The molecule has 94 valence electrons. The third-order valence-corrected chi connectivity index (χ3v) is 3.26. The Hall–Kier alpha value is -1.46. The molecule has 0 saturated carbocycles. The number of nitrogens with two attached hydrogens (primary N) is 1. The first kappa shape index (κ1) is 13.0. The van der Waals surface area contributed by atoms with Crippen LogP contribution in [-0.2, 0) is 0 Å². The van der Waals surface area contributed by atoms with Crippen molar-refractivity contribution in [1.29, 1.82) is 0 Å². The lowest BCUT2D eigenvalue weighted by molar-refractivity contribution is 0.209. The van der Waals surface area contributed by atoms with Crippen LogP contribution in [0.15, 0.2) is 40.9 Å². The smallest absolute Gasteiger partial charge is 0.146 e. The minimum atomic E-state index is -1.44. The van der Waals surface area contributed by atoms with Crippen molar-refractivity contribution < 1.29 is 13.9 Å². The Bertz CT molecular complexity index is 589. The van der Waals surface area contributed by atoms with Gasteiger partial charge in [-0.1, -0.05) is 18.2 Å². The van der Waals surface area contributed by atoms with Gasteiger partial charge in [-0.05, 0) is 34.1 Å². The van der Waals surface area contributed by atoms with Crippen LogP contribution in [0.2, 0.25) is 0 Å². The lowest BCUT2D eigenvalue weighted by atomic mass is 9.99. The van der Waals surface area contributed by atoms with Crippen molar-refractivity contribution >= 4 is 21.6 Å². The van der Waals surface area contributed by atoms with Crippen molar-refractivity contribution in [3.05, 3.63) is 63.6 Å². The van der Waals surface area contributed by atoms with Crippen molar-refractivity contribution in [1.82, 2.24) is 0 Å². The van der Waals surface area contributed by atoms with E-state index in [1.54, 1.807) is 18.2 Å². The van der Waals surface area contributed by atoms with Crippen molar-refractivity contribution in [3.63, 3.8) is 0 Å².